The van der Waals surface area contributed by atoms with E-state index in [0.29, 0.717) is 5.02 Å². The molecular formula is C11H14ClNO3. The van der Waals surface area contributed by atoms with Gasteiger partial charge in [0.25, 0.3) is 0 Å². The van der Waals surface area contributed by atoms with Crippen LogP contribution >= 0.6 is 11.6 Å². The van der Waals surface area contributed by atoms with Crippen molar-refractivity contribution in [2.24, 2.45) is 0 Å². The van der Waals surface area contributed by atoms with Crippen LogP contribution < -0.4 is 5.32 Å². The van der Waals surface area contributed by atoms with Crippen molar-refractivity contribution in [1.82, 2.24) is 5.32 Å². The normalized spacial score (nSPS) is 12.2. The molecule has 0 saturated carbocycles. The van der Waals surface area contributed by atoms with E-state index in [-0.39, 0.29) is 19.1 Å². The summed E-state index contributed by atoms with van der Waals surface area (Å²) >= 11 is 5.72. The minimum Gasteiger partial charge on any atom is -0.468 e. The van der Waals surface area contributed by atoms with Crippen molar-refractivity contribution in [2.45, 2.75) is 6.10 Å². The molecular weight excluding hydrogens is 230 g/mol. The first kappa shape index (κ1) is 13.0. The van der Waals surface area contributed by atoms with E-state index in [9.17, 15) is 9.90 Å². The summed E-state index contributed by atoms with van der Waals surface area (Å²) in [6, 6.07) is 6.90. The molecule has 0 aromatic heterocycles. The number of rotatable bonds is 5. The molecule has 0 fully saturated rings. The van der Waals surface area contributed by atoms with Crippen LogP contribution in [0.4, 0.5) is 0 Å². The summed E-state index contributed by atoms with van der Waals surface area (Å²) < 4.78 is 4.45. The van der Waals surface area contributed by atoms with Gasteiger partial charge in [0.1, 0.15) is 0 Å². The average molecular weight is 244 g/mol. The Morgan fingerprint density at radius 3 is 2.69 bits per heavy atom. The zero-order valence-corrected chi connectivity index (χ0v) is 9.70. The maximum atomic E-state index is 10.8. The molecule has 5 heteroatoms. The average Bonchev–Trinajstić information content (AvgIpc) is 2.29. The first-order valence-electron chi connectivity index (χ1n) is 4.84. The predicted molar refractivity (Wildman–Crippen MR) is 61.3 cm³/mol. The number of carbonyl (C=O) groups is 1. The van der Waals surface area contributed by atoms with Crippen molar-refractivity contribution in [1.29, 1.82) is 0 Å². The monoisotopic (exact) mass is 243 g/mol. The van der Waals surface area contributed by atoms with E-state index >= 15 is 0 Å². The molecule has 1 aromatic rings. The summed E-state index contributed by atoms with van der Waals surface area (Å²) in [4.78, 5) is 10.8. The van der Waals surface area contributed by atoms with Gasteiger partial charge in [0.15, 0.2) is 0 Å². The Labute approximate surface area is 99.2 Å². The van der Waals surface area contributed by atoms with Crippen molar-refractivity contribution in [3.05, 3.63) is 34.9 Å². The van der Waals surface area contributed by atoms with E-state index < -0.39 is 6.10 Å². The first-order chi connectivity index (χ1) is 7.63. The van der Waals surface area contributed by atoms with Gasteiger partial charge in [0, 0.05) is 11.6 Å². The Hall–Kier alpha value is -1.10. The molecule has 0 bridgehead atoms. The summed E-state index contributed by atoms with van der Waals surface area (Å²) in [7, 11) is 1.32. The minimum atomic E-state index is -0.665. The van der Waals surface area contributed by atoms with Gasteiger partial charge in [-0.1, -0.05) is 23.7 Å². The lowest BCUT2D eigenvalue weighted by molar-refractivity contribution is -0.139. The van der Waals surface area contributed by atoms with E-state index in [1.54, 1.807) is 24.3 Å². The van der Waals surface area contributed by atoms with Gasteiger partial charge >= 0.3 is 5.97 Å². The van der Waals surface area contributed by atoms with E-state index in [1.165, 1.54) is 7.11 Å². The zero-order valence-electron chi connectivity index (χ0n) is 8.94. The summed E-state index contributed by atoms with van der Waals surface area (Å²) in [6.45, 7) is 0.373. The summed E-state index contributed by atoms with van der Waals surface area (Å²) in [5, 5.41) is 13.2. The standard InChI is InChI=1S/C11H14ClNO3/c1-16-11(15)7-13-6-10(14)8-2-4-9(12)5-3-8/h2-5,10,13-14H,6-7H2,1H3. The van der Waals surface area contributed by atoms with Crippen molar-refractivity contribution in [3.63, 3.8) is 0 Å². The van der Waals surface area contributed by atoms with Gasteiger partial charge in [-0.2, -0.15) is 0 Å². The zero-order chi connectivity index (χ0) is 12.0. The lowest BCUT2D eigenvalue weighted by atomic mass is 10.1. The van der Waals surface area contributed by atoms with Gasteiger partial charge in [0.05, 0.1) is 19.8 Å². The Bertz CT molecular complexity index is 340. The molecule has 1 atom stereocenters. The quantitative estimate of drug-likeness (QED) is 0.762. The number of hydrogen-bond acceptors (Lipinski definition) is 4. The molecule has 0 aliphatic heterocycles. The maximum Gasteiger partial charge on any atom is 0.319 e. The second-order valence-corrected chi connectivity index (χ2v) is 3.71. The molecule has 1 rings (SSSR count). The fraction of sp³-hybridized carbons (Fsp3) is 0.364. The van der Waals surface area contributed by atoms with Gasteiger partial charge in [-0.25, -0.2) is 0 Å². The summed E-state index contributed by atoms with van der Waals surface area (Å²) in [5.41, 5.74) is 0.752. The topological polar surface area (TPSA) is 58.6 Å². The molecule has 1 unspecified atom stereocenters. The number of aliphatic hydroxyl groups excluding tert-OH is 1. The summed E-state index contributed by atoms with van der Waals surface area (Å²) in [5.74, 6) is -0.358. The van der Waals surface area contributed by atoms with Gasteiger partial charge in [-0.3, -0.25) is 4.79 Å². The van der Waals surface area contributed by atoms with Crippen molar-refractivity contribution < 1.29 is 14.6 Å². The Morgan fingerprint density at radius 1 is 1.50 bits per heavy atom. The number of esters is 1. The third-order valence-electron chi connectivity index (χ3n) is 2.09. The molecule has 1 aromatic carbocycles. The number of methoxy groups -OCH3 is 1. The molecule has 88 valence electrons. The molecule has 0 amide bonds. The van der Waals surface area contributed by atoms with Crippen LogP contribution in [0.3, 0.4) is 0 Å². The highest BCUT2D eigenvalue weighted by molar-refractivity contribution is 6.30. The van der Waals surface area contributed by atoms with Crippen LogP contribution in [0.1, 0.15) is 11.7 Å². The number of nitrogens with one attached hydrogen (secondary N) is 1. The molecule has 0 spiro atoms. The third kappa shape index (κ3) is 4.18. The maximum absolute atomic E-state index is 10.8. The Kier molecular flexibility index (Phi) is 5.25. The van der Waals surface area contributed by atoms with Gasteiger partial charge in [-0.05, 0) is 17.7 Å². The van der Waals surface area contributed by atoms with Gasteiger partial charge in [-0.15, -0.1) is 0 Å². The molecule has 16 heavy (non-hydrogen) atoms. The molecule has 0 heterocycles. The molecule has 0 radical (unpaired) electrons. The van der Waals surface area contributed by atoms with E-state index in [2.05, 4.69) is 10.1 Å². The molecule has 0 aliphatic carbocycles. The lowest BCUT2D eigenvalue weighted by Gasteiger charge is -2.11. The van der Waals surface area contributed by atoms with Crippen LogP contribution in [-0.2, 0) is 9.53 Å². The third-order valence-corrected chi connectivity index (χ3v) is 2.34. The number of aliphatic hydroxyl groups is 1. The van der Waals surface area contributed by atoms with E-state index in [0.717, 1.165) is 5.56 Å². The highest BCUT2D eigenvalue weighted by atomic mass is 35.5. The van der Waals surface area contributed by atoms with Crippen molar-refractivity contribution >= 4 is 17.6 Å². The highest BCUT2D eigenvalue weighted by Crippen LogP contribution is 2.15. The fourth-order valence-corrected chi connectivity index (χ4v) is 1.31. The largest absolute Gasteiger partial charge is 0.468 e. The van der Waals surface area contributed by atoms with Crippen LogP contribution in [0.2, 0.25) is 5.02 Å². The van der Waals surface area contributed by atoms with Crippen LogP contribution in [-0.4, -0.2) is 31.3 Å². The molecule has 0 aliphatic rings. The van der Waals surface area contributed by atoms with Gasteiger partial charge in [0.2, 0.25) is 0 Å². The minimum absolute atomic E-state index is 0.0845. The summed E-state index contributed by atoms with van der Waals surface area (Å²) in [6.07, 6.45) is -0.665. The molecule has 4 nitrogen and oxygen atoms in total. The number of hydrogen-bond donors (Lipinski definition) is 2. The number of halogens is 1. The van der Waals surface area contributed by atoms with Crippen LogP contribution in [0, 0.1) is 0 Å². The number of ether oxygens (including phenoxy) is 1. The lowest BCUT2D eigenvalue weighted by Crippen LogP contribution is -2.28. The second-order valence-electron chi connectivity index (χ2n) is 3.27. The Morgan fingerprint density at radius 2 is 2.12 bits per heavy atom. The number of benzene rings is 1. The SMILES string of the molecule is COC(=O)CNCC(O)c1ccc(Cl)cc1. The fourth-order valence-electron chi connectivity index (χ4n) is 1.19. The molecule has 2 N–H and O–H groups in total. The highest BCUT2D eigenvalue weighted by Gasteiger charge is 2.07. The smallest absolute Gasteiger partial charge is 0.319 e. The van der Waals surface area contributed by atoms with Crippen molar-refractivity contribution in [3.8, 4) is 0 Å². The van der Waals surface area contributed by atoms with Gasteiger partial charge < -0.3 is 15.2 Å². The van der Waals surface area contributed by atoms with Crippen molar-refractivity contribution in [2.75, 3.05) is 20.2 Å². The number of carbonyl (C=O) groups excluding carboxylic acids is 1. The first-order valence-corrected chi connectivity index (χ1v) is 5.22. The van der Waals surface area contributed by atoms with Crippen LogP contribution in [0.15, 0.2) is 24.3 Å². The predicted octanol–water partition coefficient (Wildman–Crippen LogP) is 1.14. The van der Waals surface area contributed by atoms with Crippen LogP contribution in [0.25, 0.3) is 0 Å². The molecule has 0 saturated heterocycles. The second kappa shape index (κ2) is 6.48. The Balaban J connectivity index is 2.37. The van der Waals surface area contributed by atoms with Crippen LogP contribution in [0.5, 0.6) is 0 Å². The van der Waals surface area contributed by atoms with E-state index in [4.69, 9.17) is 11.6 Å². The van der Waals surface area contributed by atoms with E-state index in [1.807, 2.05) is 0 Å².